The monoisotopic (exact) mass is 347 g/mol. The van der Waals surface area contributed by atoms with Crippen LogP contribution < -0.4 is 5.32 Å². The van der Waals surface area contributed by atoms with E-state index in [1.165, 1.54) is 0 Å². The molecule has 1 aromatic carbocycles. The Kier molecular flexibility index (Phi) is 6.19. The molecule has 0 aliphatic heterocycles. The fourth-order valence-corrected chi connectivity index (χ4v) is 3.72. The van der Waals surface area contributed by atoms with E-state index in [1.54, 1.807) is 17.4 Å². The molecule has 2 rings (SSSR count). The third-order valence-corrected chi connectivity index (χ3v) is 5.39. The van der Waals surface area contributed by atoms with Crippen molar-refractivity contribution in [3.63, 3.8) is 0 Å². The predicted octanol–water partition coefficient (Wildman–Crippen LogP) is 5.99. The summed E-state index contributed by atoms with van der Waals surface area (Å²) in [7, 11) is 0. The van der Waals surface area contributed by atoms with E-state index in [2.05, 4.69) is 12.2 Å². The highest BCUT2D eigenvalue weighted by atomic mass is 35.5. The Morgan fingerprint density at radius 2 is 1.95 bits per heavy atom. The summed E-state index contributed by atoms with van der Waals surface area (Å²) in [5.41, 5.74) is 1.04. The van der Waals surface area contributed by atoms with Gasteiger partial charge in [-0.3, -0.25) is 0 Å². The number of hydrogen-bond acceptors (Lipinski definition) is 2. The molecule has 0 spiro atoms. The van der Waals surface area contributed by atoms with Gasteiger partial charge < -0.3 is 5.32 Å². The zero-order chi connectivity index (χ0) is 14.5. The summed E-state index contributed by atoms with van der Waals surface area (Å²) in [6.45, 7) is 3.09. The van der Waals surface area contributed by atoms with Crippen LogP contribution in [0.25, 0.3) is 0 Å². The number of halogens is 3. The van der Waals surface area contributed by atoms with Crippen molar-refractivity contribution in [2.24, 2.45) is 0 Å². The van der Waals surface area contributed by atoms with Crippen molar-refractivity contribution >= 4 is 46.1 Å². The molecule has 1 heterocycles. The zero-order valence-electron chi connectivity index (χ0n) is 11.1. The molecule has 0 aliphatic carbocycles. The first-order chi connectivity index (χ1) is 9.63. The normalized spacial score (nSPS) is 12.6. The molecular weight excluding hydrogens is 333 g/mol. The van der Waals surface area contributed by atoms with Gasteiger partial charge in [-0.25, -0.2) is 0 Å². The number of benzene rings is 1. The lowest BCUT2D eigenvalue weighted by Gasteiger charge is -2.19. The van der Waals surface area contributed by atoms with Crippen molar-refractivity contribution in [3.05, 3.63) is 55.2 Å². The summed E-state index contributed by atoms with van der Waals surface area (Å²) in [6, 6.07) is 7.84. The molecule has 1 aromatic heterocycles. The lowest BCUT2D eigenvalue weighted by Crippen LogP contribution is -2.23. The highest BCUT2D eigenvalue weighted by Crippen LogP contribution is 2.34. The van der Waals surface area contributed by atoms with Crippen LogP contribution in [0.5, 0.6) is 0 Å². The Morgan fingerprint density at radius 1 is 1.15 bits per heavy atom. The van der Waals surface area contributed by atoms with Crippen molar-refractivity contribution in [3.8, 4) is 0 Å². The summed E-state index contributed by atoms with van der Waals surface area (Å²) >= 11 is 20.3. The fraction of sp³-hybridized carbons (Fsp3) is 0.333. The molecule has 2 aromatic rings. The van der Waals surface area contributed by atoms with Crippen LogP contribution in [0.15, 0.2) is 29.6 Å². The van der Waals surface area contributed by atoms with Crippen LogP contribution in [0.1, 0.15) is 29.8 Å². The highest BCUT2D eigenvalue weighted by Gasteiger charge is 2.18. The zero-order valence-corrected chi connectivity index (χ0v) is 14.2. The van der Waals surface area contributed by atoms with Gasteiger partial charge in [0.1, 0.15) is 0 Å². The molecule has 1 unspecified atom stereocenters. The van der Waals surface area contributed by atoms with E-state index >= 15 is 0 Å². The van der Waals surface area contributed by atoms with Crippen LogP contribution in [-0.4, -0.2) is 6.54 Å². The SMILES string of the molecule is CCCNC(Cc1cccc(Cl)c1Cl)c1sccc1Cl. The smallest absolute Gasteiger partial charge is 0.0624 e. The maximum absolute atomic E-state index is 6.28. The first-order valence-electron chi connectivity index (χ1n) is 6.52. The third kappa shape index (κ3) is 3.90. The van der Waals surface area contributed by atoms with Crippen LogP contribution in [-0.2, 0) is 6.42 Å². The van der Waals surface area contributed by atoms with E-state index in [9.17, 15) is 0 Å². The van der Waals surface area contributed by atoms with Crippen molar-refractivity contribution in [2.75, 3.05) is 6.54 Å². The Labute approximate surface area is 138 Å². The summed E-state index contributed by atoms with van der Waals surface area (Å²) in [5, 5.41) is 7.57. The molecule has 0 fully saturated rings. The first kappa shape index (κ1) is 16.1. The van der Waals surface area contributed by atoms with Gasteiger partial charge in [0.2, 0.25) is 0 Å². The minimum absolute atomic E-state index is 0.165. The van der Waals surface area contributed by atoms with Gasteiger partial charge in [-0.15, -0.1) is 11.3 Å². The summed E-state index contributed by atoms with van der Waals surface area (Å²) in [5.74, 6) is 0. The first-order valence-corrected chi connectivity index (χ1v) is 8.54. The molecule has 0 radical (unpaired) electrons. The molecule has 0 saturated carbocycles. The molecule has 0 saturated heterocycles. The molecule has 108 valence electrons. The summed E-state index contributed by atoms with van der Waals surface area (Å²) in [6.07, 6.45) is 1.85. The maximum atomic E-state index is 6.28. The molecular formula is C15H16Cl3NS. The average molecular weight is 349 g/mol. The minimum atomic E-state index is 0.165. The molecule has 1 nitrogen and oxygen atoms in total. The van der Waals surface area contributed by atoms with E-state index < -0.39 is 0 Å². The number of thiophene rings is 1. The summed E-state index contributed by atoms with van der Waals surface area (Å²) < 4.78 is 0. The van der Waals surface area contributed by atoms with Gasteiger partial charge in [0, 0.05) is 10.9 Å². The van der Waals surface area contributed by atoms with Crippen molar-refractivity contribution in [1.29, 1.82) is 0 Å². The largest absolute Gasteiger partial charge is 0.309 e. The Hall–Kier alpha value is -0.250. The molecule has 1 N–H and O–H groups in total. The minimum Gasteiger partial charge on any atom is -0.309 e. The van der Waals surface area contributed by atoms with E-state index in [4.69, 9.17) is 34.8 Å². The van der Waals surface area contributed by atoms with Gasteiger partial charge in [-0.2, -0.15) is 0 Å². The van der Waals surface area contributed by atoms with Crippen LogP contribution in [0.3, 0.4) is 0 Å². The fourth-order valence-electron chi connectivity index (χ4n) is 2.06. The molecule has 5 heteroatoms. The molecule has 0 amide bonds. The molecule has 0 bridgehead atoms. The van der Waals surface area contributed by atoms with E-state index in [1.807, 2.05) is 23.6 Å². The lowest BCUT2D eigenvalue weighted by molar-refractivity contribution is 0.537. The quantitative estimate of drug-likeness (QED) is 0.676. The van der Waals surface area contributed by atoms with Gasteiger partial charge in [-0.1, -0.05) is 53.9 Å². The molecule has 20 heavy (non-hydrogen) atoms. The Bertz CT molecular complexity index is 568. The van der Waals surface area contributed by atoms with Crippen LogP contribution in [0.2, 0.25) is 15.1 Å². The number of nitrogens with one attached hydrogen (secondary N) is 1. The second-order valence-electron chi connectivity index (χ2n) is 4.56. The van der Waals surface area contributed by atoms with Gasteiger partial charge in [0.05, 0.1) is 15.1 Å². The average Bonchev–Trinajstić information content (AvgIpc) is 2.85. The maximum Gasteiger partial charge on any atom is 0.0624 e. The summed E-state index contributed by atoms with van der Waals surface area (Å²) in [4.78, 5) is 1.15. The van der Waals surface area contributed by atoms with E-state index in [0.29, 0.717) is 10.0 Å². The highest BCUT2D eigenvalue weighted by molar-refractivity contribution is 7.10. The molecule has 0 aliphatic rings. The Morgan fingerprint density at radius 3 is 2.60 bits per heavy atom. The third-order valence-electron chi connectivity index (χ3n) is 3.06. The standard InChI is InChI=1S/C15H16Cl3NS/c1-2-7-19-13(15-12(17)6-8-20-15)9-10-4-3-5-11(16)14(10)18/h3-6,8,13,19H,2,7,9H2,1H3. The van der Waals surface area contributed by atoms with Crippen molar-refractivity contribution in [1.82, 2.24) is 5.32 Å². The van der Waals surface area contributed by atoms with E-state index in [-0.39, 0.29) is 6.04 Å². The van der Waals surface area contributed by atoms with Crippen molar-refractivity contribution in [2.45, 2.75) is 25.8 Å². The number of hydrogen-bond donors (Lipinski definition) is 1. The van der Waals surface area contributed by atoms with Crippen LogP contribution in [0.4, 0.5) is 0 Å². The van der Waals surface area contributed by atoms with Gasteiger partial charge >= 0.3 is 0 Å². The predicted molar refractivity (Wildman–Crippen MR) is 90.5 cm³/mol. The lowest BCUT2D eigenvalue weighted by atomic mass is 10.0. The molecule has 1 atom stereocenters. The topological polar surface area (TPSA) is 12.0 Å². The number of rotatable bonds is 6. The van der Waals surface area contributed by atoms with Crippen LogP contribution >= 0.6 is 46.1 Å². The Balaban J connectivity index is 2.24. The van der Waals surface area contributed by atoms with Gasteiger partial charge in [0.25, 0.3) is 0 Å². The van der Waals surface area contributed by atoms with Crippen molar-refractivity contribution < 1.29 is 0 Å². The van der Waals surface area contributed by atoms with Gasteiger partial charge in [-0.05, 0) is 42.5 Å². The second kappa shape index (κ2) is 7.67. The van der Waals surface area contributed by atoms with E-state index in [0.717, 1.165) is 34.8 Å². The van der Waals surface area contributed by atoms with Crippen LogP contribution in [0, 0.1) is 0 Å². The second-order valence-corrected chi connectivity index (χ2v) is 6.70. The van der Waals surface area contributed by atoms with Gasteiger partial charge in [0.15, 0.2) is 0 Å².